The molecule has 18 heavy (non-hydrogen) atoms. The number of aliphatic hydroxyl groups excluding tert-OH is 1. The van der Waals surface area contributed by atoms with Gasteiger partial charge >= 0.3 is 0 Å². The van der Waals surface area contributed by atoms with E-state index < -0.39 is 0 Å². The van der Waals surface area contributed by atoms with Gasteiger partial charge in [0.2, 0.25) is 0 Å². The molecule has 1 aromatic rings. The maximum absolute atomic E-state index is 9.63. The summed E-state index contributed by atoms with van der Waals surface area (Å²) in [6.07, 6.45) is 3.19. The minimum Gasteiger partial charge on any atom is -0.475 e. The highest BCUT2D eigenvalue weighted by Gasteiger charge is 2.36. The maximum atomic E-state index is 9.63. The Labute approximate surface area is 108 Å². The third kappa shape index (κ3) is 2.41. The van der Waals surface area contributed by atoms with E-state index in [1.165, 1.54) is 11.1 Å². The summed E-state index contributed by atoms with van der Waals surface area (Å²) in [6, 6.07) is 8.74. The summed E-state index contributed by atoms with van der Waals surface area (Å²) in [5.41, 5.74) is 2.50. The first kappa shape index (κ1) is 11.7. The fourth-order valence-corrected chi connectivity index (χ4v) is 2.72. The van der Waals surface area contributed by atoms with Gasteiger partial charge in [0.05, 0.1) is 12.1 Å². The number of ether oxygens (including phenoxy) is 1. The van der Waals surface area contributed by atoms with Gasteiger partial charge in [-0.15, -0.1) is 0 Å². The van der Waals surface area contributed by atoms with Crippen LogP contribution in [0, 0.1) is 6.92 Å². The summed E-state index contributed by atoms with van der Waals surface area (Å²) in [5, 5.41) is 9.63. The molecule has 1 heterocycles. The molecule has 2 aliphatic rings. The van der Waals surface area contributed by atoms with Gasteiger partial charge in [0.1, 0.15) is 6.10 Å². The number of fused-ring (bicyclic) bond motifs is 1. The lowest BCUT2D eigenvalue weighted by atomic mass is 9.91. The van der Waals surface area contributed by atoms with E-state index in [0.29, 0.717) is 0 Å². The van der Waals surface area contributed by atoms with Crippen LogP contribution in [0.3, 0.4) is 0 Å². The summed E-state index contributed by atoms with van der Waals surface area (Å²) in [4.78, 5) is 4.65. The number of rotatable bonds is 2. The van der Waals surface area contributed by atoms with Gasteiger partial charge in [0.15, 0.2) is 5.90 Å². The number of nitrogens with zero attached hydrogens (tertiary/aromatic N) is 1. The Morgan fingerprint density at radius 1 is 1.28 bits per heavy atom. The minimum absolute atomic E-state index is 0.106. The standard InChI is InChI=1S/C15H19NO2/c1-10-2-4-11(5-3-10)8-15-16-13-7-6-12(17)9-14(13)18-15/h2-5,12-14,17H,6-9H2,1H3. The van der Waals surface area contributed by atoms with Gasteiger partial charge in [-0.2, -0.15) is 0 Å². The Kier molecular flexibility index (Phi) is 3.08. The van der Waals surface area contributed by atoms with Crippen LogP contribution in [0.15, 0.2) is 29.3 Å². The van der Waals surface area contributed by atoms with Crippen molar-refractivity contribution in [1.82, 2.24) is 0 Å². The highest BCUT2D eigenvalue weighted by atomic mass is 16.5. The van der Waals surface area contributed by atoms with Crippen LogP contribution in [-0.2, 0) is 11.2 Å². The van der Waals surface area contributed by atoms with Gasteiger partial charge in [-0.25, -0.2) is 4.99 Å². The summed E-state index contributed by atoms with van der Waals surface area (Å²) in [5.74, 6) is 0.836. The Bertz CT molecular complexity index is 452. The molecule has 0 saturated heterocycles. The first-order chi connectivity index (χ1) is 8.70. The number of aliphatic imine (C=N–C) groups is 1. The first-order valence-electron chi connectivity index (χ1n) is 6.67. The van der Waals surface area contributed by atoms with E-state index in [9.17, 15) is 5.11 Å². The molecule has 0 spiro atoms. The lowest BCUT2D eigenvalue weighted by Gasteiger charge is -2.26. The van der Waals surface area contributed by atoms with Crippen LogP contribution >= 0.6 is 0 Å². The largest absolute Gasteiger partial charge is 0.475 e. The zero-order valence-corrected chi connectivity index (χ0v) is 10.7. The van der Waals surface area contributed by atoms with Crippen molar-refractivity contribution in [3.63, 3.8) is 0 Å². The lowest BCUT2D eigenvalue weighted by molar-refractivity contribution is 0.0497. The van der Waals surface area contributed by atoms with Crippen molar-refractivity contribution < 1.29 is 9.84 Å². The van der Waals surface area contributed by atoms with E-state index in [4.69, 9.17) is 4.74 Å². The number of hydrogen-bond acceptors (Lipinski definition) is 3. The maximum Gasteiger partial charge on any atom is 0.188 e. The number of hydrogen-bond donors (Lipinski definition) is 1. The number of aryl methyl sites for hydroxylation is 1. The molecule has 3 heteroatoms. The van der Waals surface area contributed by atoms with Crippen molar-refractivity contribution >= 4 is 5.90 Å². The van der Waals surface area contributed by atoms with Gasteiger partial charge in [-0.3, -0.25) is 0 Å². The molecule has 96 valence electrons. The van der Waals surface area contributed by atoms with Crippen molar-refractivity contribution in [2.45, 2.75) is 50.9 Å². The Morgan fingerprint density at radius 2 is 2.06 bits per heavy atom. The van der Waals surface area contributed by atoms with E-state index >= 15 is 0 Å². The summed E-state index contributed by atoms with van der Waals surface area (Å²) in [6.45, 7) is 2.09. The van der Waals surface area contributed by atoms with Crippen LogP contribution in [0.1, 0.15) is 30.4 Å². The minimum atomic E-state index is -0.208. The molecule has 3 rings (SSSR count). The molecule has 0 bridgehead atoms. The Morgan fingerprint density at radius 3 is 2.83 bits per heavy atom. The molecule has 0 radical (unpaired) electrons. The smallest absolute Gasteiger partial charge is 0.188 e. The highest BCUT2D eigenvalue weighted by molar-refractivity contribution is 5.80. The molecular weight excluding hydrogens is 226 g/mol. The van der Waals surface area contributed by atoms with Crippen LogP contribution in [0.2, 0.25) is 0 Å². The second-order valence-corrected chi connectivity index (χ2v) is 5.38. The third-order valence-electron chi connectivity index (χ3n) is 3.80. The molecule has 0 aromatic heterocycles. The van der Waals surface area contributed by atoms with Crippen molar-refractivity contribution in [2.75, 3.05) is 0 Å². The van der Waals surface area contributed by atoms with Gasteiger partial charge < -0.3 is 9.84 Å². The molecule has 1 N–H and O–H groups in total. The third-order valence-corrected chi connectivity index (χ3v) is 3.80. The zero-order valence-electron chi connectivity index (χ0n) is 10.7. The fourth-order valence-electron chi connectivity index (χ4n) is 2.72. The van der Waals surface area contributed by atoms with Crippen LogP contribution < -0.4 is 0 Å². The van der Waals surface area contributed by atoms with E-state index in [1.54, 1.807) is 0 Å². The van der Waals surface area contributed by atoms with Gasteiger partial charge in [-0.05, 0) is 25.3 Å². The van der Waals surface area contributed by atoms with Crippen molar-refractivity contribution in [2.24, 2.45) is 4.99 Å². The molecule has 3 nitrogen and oxygen atoms in total. The summed E-state index contributed by atoms with van der Waals surface area (Å²) in [7, 11) is 0. The SMILES string of the molecule is Cc1ccc(CC2=NC3CCC(O)CC3O2)cc1. The van der Waals surface area contributed by atoms with Crippen LogP contribution in [0.25, 0.3) is 0 Å². The van der Waals surface area contributed by atoms with Crippen molar-refractivity contribution in [3.05, 3.63) is 35.4 Å². The van der Waals surface area contributed by atoms with Gasteiger partial charge in [0.25, 0.3) is 0 Å². The Hall–Kier alpha value is -1.35. The van der Waals surface area contributed by atoms with Crippen LogP contribution in [0.4, 0.5) is 0 Å². The zero-order chi connectivity index (χ0) is 12.5. The van der Waals surface area contributed by atoms with E-state index in [2.05, 4.69) is 36.2 Å². The van der Waals surface area contributed by atoms with E-state index in [0.717, 1.165) is 31.6 Å². The Balaban J connectivity index is 1.66. The number of aliphatic hydroxyl groups is 1. The van der Waals surface area contributed by atoms with Gasteiger partial charge in [-0.1, -0.05) is 29.8 Å². The molecule has 1 aromatic carbocycles. The van der Waals surface area contributed by atoms with Crippen molar-refractivity contribution in [3.8, 4) is 0 Å². The normalized spacial score (nSPS) is 30.6. The molecule has 1 aliphatic heterocycles. The summed E-state index contributed by atoms with van der Waals surface area (Å²) >= 11 is 0. The fraction of sp³-hybridized carbons (Fsp3) is 0.533. The monoisotopic (exact) mass is 245 g/mol. The number of benzene rings is 1. The quantitative estimate of drug-likeness (QED) is 0.868. The topological polar surface area (TPSA) is 41.8 Å². The first-order valence-corrected chi connectivity index (χ1v) is 6.67. The van der Waals surface area contributed by atoms with Crippen molar-refractivity contribution in [1.29, 1.82) is 0 Å². The predicted molar refractivity (Wildman–Crippen MR) is 70.8 cm³/mol. The molecular formula is C15H19NO2. The molecule has 3 unspecified atom stereocenters. The van der Waals surface area contributed by atoms with E-state index in [-0.39, 0.29) is 18.2 Å². The second-order valence-electron chi connectivity index (χ2n) is 5.38. The average molecular weight is 245 g/mol. The highest BCUT2D eigenvalue weighted by Crippen LogP contribution is 2.29. The van der Waals surface area contributed by atoms with Crippen LogP contribution in [0.5, 0.6) is 0 Å². The summed E-state index contributed by atoms with van der Waals surface area (Å²) < 4.78 is 5.86. The average Bonchev–Trinajstić information content (AvgIpc) is 2.73. The van der Waals surface area contributed by atoms with Crippen LogP contribution in [-0.4, -0.2) is 29.3 Å². The second kappa shape index (κ2) is 4.73. The molecule has 1 saturated carbocycles. The molecule has 0 amide bonds. The van der Waals surface area contributed by atoms with E-state index in [1.807, 2.05) is 0 Å². The molecule has 1 fully saturated rings. The molecule has 3 atom stereocenters. The van der Waals surface area contributed by atoms with Gasteiger partial charge in [0, 0.05) is 12.8 Å². The molecule has 1 aliphatic carbocycles. The lowest BCUT2D eigenvalue weighted by Crippen LogP contribution is -2.33. The predicted octanol–water partition coefficient (Wildman–Crippen LogP) is 2.25.